The van der Waals surface area contributed by atoms with Crippen molar-refractivity contribution in [2.75, 3.05) is 21.3 Å². The van der Waals surface area contributed by atoms with Gasteiger partial charge in [-0.2, -0.15) is 0 Å². The third-order valence-electron chi connectivity index (χ3n) is 4.12. The molecule has 0 aliphatic carbocycles. The number of rotatable bonds is 8. The number of carboxylic acids is 1. The summed E-state index contributed by atoms with van der Waals surface area (Å²) in [5.74, 6) is -0.0174. The highest BCUT2D eigenvalue weighted by atomic mass is 16.5. The van der Waals surface area contributed by atoms with Gasteiger partial charge in [-0.1, -0.05) is 19.1 Å². The van der Waals surface area contributed by atoms with Crippen molar-refractivity contribution < 1.29 is 19.4 Å². The first-order valence-electron chi connectivity index (χ1n) is 8.09. The Bertz CT molecular complexity index is 694. The fourth-order valence-electron chi connectivity index (χ4n) is 2.79. The molecule has 25 heavy (non-hydrogen) atoms. The number of methoxy groups -OCH3 is 2. The lowest BCUT2D eigenvalue weighted by molar-refractivity contribution is -0.143. The number of hydrogen-bond donors (Lipinski definition) is 1. The fraction of sp³-hybridized carbons (Fsp3) is 0.368. The third kappa shape index (κ3) is 4.28. The molecule has 6 heteroatoms. The van der Waals surface area contributed by atoms with E-state index in [0.717, 1.165) is 17.7 Å². The van der Waals surface area contributed by atoms with Gasteiger partial charge in [0.1, 0.15) is 17.5 Å². The molecule has 1 aromatic heterocycles. The van der Waals surface area contributed by atoms with Crippen molar-refractivity contribution in [3.63, 3.8) is 0 Å². The minimum atomic E-state index is -0.976. The Kier molecular flexibility index (Phi) is 6.36. The molecule has 134 valence electrons. The lowest BCUT2D eigenvalue weighted by Crippen LogP contribution is -2.31. The maximum atomic E-state index is 12.0. The largest absolute Gasteiger partial charge is 0.496 e. The van der Waals surface area contributed by atoms with Crippen molar-refractivity contribution in [1.82, 2.24) is 9.88 Å². The number of nitrogens with zero attached hydrogens (tertiary/aromatic N) is 2. The van der Waals surface area contributed by atoms with Crippen LogP contribution in [0.3, 0.4) is 0 Å². The van der Waals surface area contributed by atoms with Crippen LogP contribution in [-0.2, 0) is 17.8 Å². The molecule has 0 spiro atoms. The lowest BCUT2D eigenvalue weighted by Gasteiger charge is -2.27. The summed E-state index contributed by atoms with van der Waals surface area (Å²) in [4.78, 5) is 18.1. The molecule has 1 N–H and O–H groups in total. The molecule has 2 rings (SSSR count). The van der Waals surface area contributed by atoms with E-state index in [1.165, 1.54) is 14.2 Å². The zero-order valence-electron chi connectivity index (χ0n) is 15.0. The summed E-state index contributed by atoms with van der Waals surface area (Å²) < 4.78 is 10.7. The molecule has 0 aliphatic heterocycles. The van der Waals surface area contributed by atoms with Crippen LogP contribution in [-0.4, -0.2) is 42.2 Å². The maximum absolute atomic E-state index is 12.0. The first kappa shape index (κ1) is 18.7. The summed E-state index contributed by atoms with van der Waals surface area (Å²) >= 11 is 0. The van der Waals surface area contributed by atoms with E-state index in [2.05, 4.69) is 11.9 Å². The van der Waals surface area contributed by atoms with E-state index in [9.17, 15) is 9.90 Å². The van der Waals surface area contributed by atoms with Gasteiger partial charge in [-0.05, 0) is 37.2 Å². The number of aromatic nitrogens is 1. The molecule has 1 atom stereocenters. The normalized spacial score (nSPS) is 12.0. The summed E-state index contributed by atoms with van der Waals surface area (Å²) in [6.45, 7) is 2.46. The van der Waals surface area contributed by atoms with Gasteiger partial charge in [-0.3, -0.25) is 14.7 Å². The number of aryl methyl sites for hydroxylation is 1. The van der Waals surface area contributed by atoms with E-state index in [1.54, 1.807) is 30.1 Å². The van der Waals surface area contributed by atoms with Crippen molar-refractivity contribution in [1.29, 1.82) is 0 Å². The Morgan fingerprint density at radius 1 is 1.20 bits per heavy atom. The van der Waals surface area contributed by atoms with Gasteiger partial charge < -0.3 is 14.6 Å². The van der Waals surface area contributed by atoms with Crippen LogP contribution in [0.5, 0.6) is 11.5 Å². The molecule has 2 aromatic rings. The first-order valence-corrected chi connectivity index (χ1v) is 8.09. The second kappa shape index (κ2) is 8.48. The fourth-order valence-corrected chi connectivity index (χ4v) is 2.79. The average Bonchev–Trinajstić information content (AvgIpc) is 2.62. The Morgan fingerprint density at radius 2 is 1.84 bits per heavy atom. The van der Waals surface area contributed by atoms with Crippen LogP contribution >= 0.6 is 0 Å². The molecule has 0 aliphatic rings. The van der Waals surface area contributed by atoms with Crippen LogP contribution in [0.25, 0.3) is 0 Å². The van der Waals surface area contributed by atoms with Gasteiger partial charge in [0, 0.05) is 12.7 Å². The van der Waals surface area contributed by atoms with Crippen molar-refractivity contribution in [2.24, 2.45) is 0 Å². The van der Waals surface area contributed by atoms with Gasteiger partial charge in [-0.15, -0.1) is 0 Å². The Labute approximate surface area is 148 Å². The number of aliphatic carboxylic acids is 1. The minimum absolute atomic E-state index is 0.391. The van der Waals surface area contributed by atoms with Gasteiger partial charge in [0.25, 0.3) is 0 Å². The number of hydrogen-bond acceptors (Lipinski definition) is 5. The molecular formula is C19H24N2O4. The van der Waals surface area contributed by atoms with Gasteiger partial charge in [-0.25, -0.2) is 0 Å². The number of benzene rings is 1. The number of carbonyl (C=O) groups is 1. The van der Waals surface area contributed by atoms with Gasteiger partial charge in [0.2, 0.25) is 0 Å². The molecule has 0 radical (unpaired) electrons. The molecule has 0 fully saturated rings. The third-order valence-corrected chi connectivity index (χ3v) is 4.12. The van der Waals surface area contributed by atoms with Gasteiger partial charge >= 0.3 is 5.97 Å². The summed E-state index contributed by atoms with van der Waals surface area (Å²) in [7, 11) is 4.78. The smallest absolute Gasteiger partial charge is 0.325 e. The predicted molar refractivity (Wildman–Crippen MR) is 95.0 cm³/mol. The highest BCUT2D eigenvalue weighted by molar-refractivity contribution is 5.78. The topological polar surface area (TPSA) is 71.9 Å². The number of carboxylic acid groups (broad SMARTS) is 1. The SMILES string of the molecule is CCc1ccc(CN(C)[C@@H](C(=O)O)c2c(OC)cccc2OC)nc1. The molecule has 0 amide bonds. The predicted octanol–water partition coefficient (Wildman–Crippen LogP) is 2.92. The molecule has 6 nitrogen and oxygen atoms in total. The van der Waals surface area contributed by atoms with E-state index < -0.39 is 12.0 Å². The zero-order chi connectivity index (χ0) is 18.4. The van der Waals surface area contributed by atoms with E-state index in [-0.39, 0.29) is 0 Å². The lowest BCUT2D eigenvalue weighted by atomic mass is 10.0. The van der Waals surface area contributed by atoms with Crippen LogP contribution in [0.2, 0.25) is 0 Å². The standard InChI is InChI=1S/C19H24N2O4/c1-5-13-9-10-14(20-11-13)12-21(2)18(19(22)23)17-15(24-3)7-6-8-16(17)25-4/h6-11,18H,5,12H2,1-4H3,(H,22,23)/t18-/m1/s1. The van der Waals surface area contributed by atoms with Crippen LogP contribution in [0, 0.1) is 0 Å². The average molecular weight is 344 g/mol. The Hall–Kier alpha value is -2.60. The monoisotopic (exact) mass is 344 g/mol. The molecule has 1 aromatic carbocycles. The van der Waals surface area contributed by atoms with E-state index in [0.29, 0.717) is 23.6 Å². The minimum Gasteiger partial charge on any atom is -0.496 e. The van der Waals surface area contributed by atoms with Crippen LogP contribution < -0.4 is 9.47 Å². The van der Waals surface area contributed by atoms with Crippen molar-refractivity contribution in [3.8, 4) is 11.5 Å². The first-order chi connectivity index (χ1) is 12.0. The second-order valence-electron chi connectivity index (χ2n) is 5.74. The molecular weight excluding hydrogens is 320 g/mol. The van der Waals surface area contributed by atoms with Crippen molar-refractivity contribution >= 4 is 5.97 Å². The van der Waals surface area contributed by atoms with Crippen LogP contribution in [0.15, 0.2) is 36.5 Å². The molecule has 1 heterocycles. The second-order valence-corrected chi connectivity index (χ2v) is 5.74. The highest BCUT2D eigenvalue weighted by Crippen LogP contribution is 2.37. The van der Waals surface area contributed by atoms with Gasteiger partial charge in [0.15, 0.2) is 0 Å². The molecule has 0 saturated carbocycles. The van der Waals surface area contributed by atoms with E-state index >= 15 is 0 Å². The van der Waals surface area contributed by atoms with Crippen LogP contribution in [0.1, 0.15) is 29.8 Å². The Balaban J connectivity index is 2.35. The quantitative estimate of drug-likeness (QED) is 0.794. The zero-order valence-corrected chi connectivity index (χ0v) is 15.0. The number of likely N-dealkylation sites (N-methyl/N-ethyl adjacent to an activating group) is 1. The summed E-state index contributed by atoms with van der Waals surface area (Å²) in [6, 6.07) is 8.25. The van der Waals surface area contributed by atoms with E-state index in [4.69, 9.17) is 9.47 Å². The summed E-state index contributed by atoms with van der Waals surface area (Å²) in [6.07, 6.45) is 2.74. The number of pyridine rings is 1. The molecule has 0 saturated heterocycles. The Morgan fingerprint density at radius 3 is 2.28 bits per heavy atom. The highest BCUT2D eigenvalue weighted by Gasteiger charge is 2.31. The summed E-state index contributed by atoms with van der Waals surface area (Å²) in [5, 5.41) is 9.82. The number of ether oxygens (including phenoxy) is 2. The van der Waals surface area contributed by atoms with Crippen molar-refractivity contribution in [3.05, 3.63) is 53.3 Å². The molecule has 0 unspecified atom stereocenters. The van der Waals surface area contributed by atoms with Crippen molar-refractivity contribution in [2.45, 2.75) is 25.9 Å². The van der Waals surface area contributed by atoms with E-state index in [1.807, 2.05) is 18.3 Å². The van der Waals surface area contributed by atoms with Crippen LogP contribution in [0.4, 0.5) is 0 Å². The van der Waals surface area contributed by atoms with Gasteiger partial charge in [0.05, 0.1) is 25.5 Å². The maximum Gasteiger partial charge on any atom is 0.325 e. The molecule has 0 bridgehead atoms. The summed E-state index contributed by atoms with van der Waals surface area (Å²) in [5.41, 5.74) is 2.44.